The van der Waals surface area contributed by atoms with E-state index in [0.717, 1.165) is 31.2 Å². The number of aromatic nitrogens is 4. The van der Waals surface area contributed by atoms with Crippen molar-refractivity contribution in [2.75, 3.05) is 0 Å². The Labute approximate surface area is 157 Å². The standard InChI is InChI=1S/C20H21N5O2/c26-19(20(9-5-2-6-10-20)15-7-3-1-4-8-15)23-14-17-24-25-18(27-17)16-13-21-11-12-22-16/h1,3-4,7-8,11-13H,2,5-6,9-10,14H2,(H,23,26). The van der Waals surface area contributed by atoms with Gasteiger partial charge in [-0.3, -0.25) is 9.78 Å². The fourth-order valence-corrected chi connectivity index (χ4v) is 3.72. The maximum Gasteiger partial charge on any atom is 0.267 e. The van der Waals surface area contributed by atoms with Crippen LogP contribution >= 0.6 is 0 Å². The summed E-state index contributed by atoms with van der Waals surface area (Å²) in [5, 5.41) is 11.0. The van der Waals surface area contributed by atoms with Crippen LogP contribution < -0.4 is 5.32 Å². The highest BCUT2D eigenvalue weighted by atomic mass is 16.4. The highest BCUT2D eigenvalue weighted by Crippen LogP contribution is 2.39. The minimum absolute atomic E-state index is 0.0210. The maximum atomic E-state index is 13.1. The number of nitrogens with zero attached hydrogens (tertiary/aromatic N) is 4. The van der Waals surface area contributed by atoms with Crippen molar-refractivity contribution < 1.29 is 9.21 Å². The molecule has 1 N–H and O–H groups in total. The zero-order valence-electron chi connectivity index (χ0n) is 15.0. The Hall–Kier alpha value is -3.09. The average molecular weight is 363 g/mol. The molecule has 0 bridgehead atoms. The van der Waals surface area contributed by atoms with Crippen LogP contribution in [-0.4, -0.2) is 26.1 Å². The molecule has 7 heteroatoms. The normalized spacial score (nSPS) is 16.0. The minimum atomic E-state index is -0.479. The van der Waals surface area contributed by atoms with E-state index in [0.29, 0.717) is 17.5 Å². The highest BCUT2D eigenvalue weighted by Gasteiger charge is 2.40. The molecule has 0 saturated heterocycles. The minimum Gasteiger partial charge on any atom is -0.417 e. The molecular formula is C20H21N5O2. The molecular weight excluding hydrogens is 342 g/mol. The maximum absolute atomic E-state index is 13.1. The van der Waals surface area contributed by atoms with Crippen LogP contribution in [0.1, 0.15) is 43.6 Å². The summed E-state index contributed by atoms with van der Waals surface area (Å²) in [6, 6.07) is 10.0. The Morgan fingerprint density at radius 3 is 2.63 bits per heavy atom. The molecule has 4 rings (SSSR count). The van der Waals surface area contributed by atoms with Crippen LogP contribution in [0.3, 0.4) is 0 Å². The van der Waals surface area contributed by atoms with Gasteiger partial charge in [-0.2, -0.15) is 0 Å². The lowest BCUT2D eigenvalue weighted by Crippen LogP contribution is -2.45. The predicted molar refractivity (Wildman–Crippen MR) is 98.4 cm³/mol. The van der Waals surface area contributed by atoms with Crippen LogP contribution in [0.4, 0.5) is 0 Å². The smallest absolute Gasteiger partial charge is 0.267 e. The molecule has 2 heterocycles. The van der Waals surface area contributed by atoms with E-state index in [-0.39, 0.29) is 12.5 Å². The van der Waals surface area contributed by atoms with Crippen molar-refractivity contribution in [1.29, 1.82) is 0 Å². The van der Waals surface area contributed by atoms with Crippen LogP contribution in [0.15, 0.2) is 53.3 Å². The first-order valence-electron chi connectivity index (χ1n) is 9.20. The van der Waals surface area contributed by atoms with Crippen LogP contribution in [-0.2, 0) is 16.8 Å². The largest absolute Gasteiger partial charge is 0.417 e. The molecule has 3 aromatic rings. The van der Waals surface area contributed by atoms with Gasteiger partial charge in [-0.15, -0.1) is 10.2 Å². The fourth-order valence-electron chi connectivity index (χ4n) is 3.72. The first-order valence-corrected chi connectivity index (χ1v) is 9.20. The zero-order chi connectivity index (χ0) is 18.5. The summed E-state index contributed by atoms with van der Waals surface area (Å²) in [5.74, 6) is 0.665. The van der Waals surface area contributed by atoms with Crippen LogP contribution in [0.25, 0.3) is 11.6 Å². The van der Waals surface area contributed by atoms with Gasteiger partial charge in [0.25, 0.3) is 5.89 Å². The summed E-state index contributed by atoms with van der Waals surface area (Å²) in [5.41, 5.74) is 1.11. The molecule has 0 atom stereocenters. The highest BCUT2D eigenvalue weighted by molar-refractivity contribution is 5.88. The molecule has 7 nitrogen and oxygen atoms in total. The van der Waals surface area contributed by atoms with Crippen molar-refractivity contribution in [3.05, 3.63) is 60.4 Å². The molecule has 2 aromatic heterocycles. The number of carbonyl (C=O) groups excluding carboxylic acids is 1. The first-order chi connectivity index (χ1) is 13.3. The van der Waals surface area contributed by atoms with Gasteiger partial charge in [-0.25, -0.2) is 4.98 Å². The fraction of sp³-hybridized carbons (Fsp3) is 0.350. The van der Waals surface area contributed by atoms with Crippen LogP contribution in [0.2, 0.25) is 0 Å². The van der Waals surface area contributed by atoms with Crippen molar-refractivity contribution >= 4 is 5.91 Å². The van der Waals surface area contributed by atoms with E-state index in [4.69, 9.17) is 4.42 Å². The number of benzene rings is 1. The van der Waals surface area contributed by atoms with Crippen molar-refractivity contribution in [3.63, 3.8) is 0 Å². The lowest BCUT2D eigenvalue weighted by molar-refractivity contribution is -0.128. The van der Waals surface area contributed by atoms with E-state index >= 15 is 0 Å². The summed E-state index contributed by atoms with van der Waals surface area (Å²) >= 11 is 0. The number of hydrogen-bond donors (Lipinski definition) is 1. The molecule has 1 aliphatic rings. The van der Waals surface area contributed by atoms with Crippen molar-refractivity contribution in [2.24, 2.45) is 0 Å². The van der Waals surface area contributed by atoms with E-state index in [1.807, 2.05) is 30.3 Å². The zero-order valence-corrected chi connectivity index (χ0v) is 15.0. The molecule has 1 amide bonds. The van der Waals surface area contributed by atoms with E-state index in [2.05, 4.69) is 25.5 Å². The second kappa shape index (κ2) is 7.65. The number of rotatable bonds is 5. The molecule has 1 aliphatic carbocycles. The van der Waals surface area contributed by atoms with Gasteiger partial charge in [-0.1, -0.05) is 49.6 Å². The molecule has 1 fully saturated rings. The van der Waals surface area contributed by atoms with Gasteiger partial charge in [0.2, 0.25) is 11.8 Å². The predicted octanol–water partition coefficient (Wildman–Crippen LogP) is 3.04. The molecule has 138 valence electrons. The summed E-state index contributed by atoms with van der Waals surface area (Å²) in [4.78, 5) is 21.3. The van der Waals surface area contributed by atoms with Gasteiger partial charge in [0.05, 0.1) is 18.2 Å². The van der Waals surface area contributed by atoms with Crippen LogP contribution in [0.5, 0.6) is 0 Å². The lowest BCUT2D eigenvalue weighted by Gasteiger charge is -2.36. The summed E-state index contributed by atoms with van der Waals surface area (Å²) in [7, 11) is 0. The van der Waals surface area contributed by atoms with Gasteiger partial charge in [0.1, 0.15) is 5.69 Å². The molecule has 1 saturated carbocycles. The Kier molecular flexibility index (Phi) is 4.91. The first kappa shape index (κ1) is 17.3. The second-order valence-corrected chi connectivity index (χ2v) is 6.78. The number of nitrogens with one attached hydrogen (secondary N) is 1. The molecule has 0 radical (unpaired) electrons. The number of amides is 1. The van der Waals surface area contributed by atoms with E-state index in [1.54, 1.807) is 18.6 Å². The molecule has 27 heavy (non-hydrogen) atoms. The molecule has 0 aliphatic heterocycles. The summed E-state index contributed by atoms with van der Waals surface area (Å²) in [6.07, 6.45) is 9.70. The van der Waals surface area contributed by atoms with Gasteiger partial charge in [0, 0.05) is 12.4 Å². The molecule has 1 aromatic carbocycles. The topological polar surface area (TPSA) is 93.8 Å². The van der Waals surface area contributed by atoms with Crippen molar-refractivity contribution in [3.8, 4) is 11.6 Å². The number of carbonyl (C=O) groups is 1. The number of hydrogen-bond acceptors (Lipinski definition) is 6. The van der Waals surface area contributed by atoms with Gasteiger partial charge in [-0.05, 0) is 18.4 Å². The Morgan fingerprint density at radius 2 is 1.89 bits per heavy atom. The Balaban J connectivity index is 1.48. The van der Waals surface area contributed by atoms with Gasteiger partial charge < -0.3 is 9.73 Å². The van der Waals surface area contributed by atoms with Gasteiger partial charge in [0.15, 0.2) is 0 Å². The van der Waals surface area contributed by atoms with E-state index < -0.39 is 5.41 Å². The van der Waals surface area contributed by atoms with Crippen LogP contribution in [0, 0.1) is 0 Å². The molecule has 0 spiro atoms. The van der Waals surface area contributed by atoms with Crippen molar-refractivity contribution in [2.45, 2.75) is 44.1 Å². The monoisotopic (exact) mass is 363 g/mol. The third-order valence-corrected chi connectivity index (χ3v) is 5.12. The lowest BCUT2D eigenvalue weighted by atomic mass is 9.68. The molecule has 0 unspecified atom stereocenters. The van der Waals surface area contributed by atoms with E-state index in [1.165, 1.54) is 6.42 Å². The van der Waals surface area contributed by atoms with E-state index in [9.17, 15) is 4.79 Å². The quantitative estimate of drug-likeness (QED) is 0.749. The third kappa shape index (κ3) is 3.58. The van der Waals surface area contributed by atoms with Crippen molar-refractivity contribution in [1.82, 2.24) is 25.5 Å². The second-order valence-electron chi connectivity index (χ2n) is 6.78. The SMILES string of the molecule is O=C(NCc1nnc(-c2cnccn2)o1)C1(c2ccccc2)CCCCC1. The summed E-state index contributed by atoms with van der Waals surface area (Å²) < 4.78 is 5.61. The summed E-state index contributed by atoms with van der Waals surface area (Å²) in [6.45, 7) is 0.195. The van der Waals surface area contributed by atoms with Gasteiger partial charge >= 0.3 is 0 Å². The third-order valence-electron chi connectivity index (χ3n) is 5.12. The Bertz CT molecular complexity index is 889. The average Bonchev–Trinajstić information content (AvgIpc) is 3.23. The Morgan fingerprint density at radius 1 is 1.07 bits per heavy atom.